The van der Waals surface area contributed by atoms with Crippen LogP contribution in [0.2, 0.25) is 0 Å². The van der Waals surface area contributed by atoms with Crippen molar-refractivity contribution in [2.24, 2.45) is 0 Å². The molecule has 3 aromatic rings. The van der Waals surface area contributed by atoms with Gasteiger partial charge in [0.25, 0.3) is 11.6 Å². The molecular weight excluding hydrogens is 298 g/mol. The number of pyridine rings is 1. The normalized spacial score (nSPS) is 10.5. The number of amides is 1. The second-order valence-corrected chi connectivity index (χ2v) is 4.78. The maximum absolute atomic E-state index is 12.2. The fourth-order valence-electron chi connectivity index (χ4n) is 2.05. The third-order valence-electron chi connectivity index (χ3n) is 3.24. The Hall–Kier alpha value is -3.42. The molecule has 0 radical (unpaired) electrons. The van der Waals surface area contributed by atoms with Crippen LogP contribution in [0.1, 0.15) is 16.1 Å². The maximum atomic E-state index is 12.2. The Morgan fingerprint density at radius 2 is 1.87 bits per heavy atom. The summed E-state index contributed by atoms with van der Waals surface area (Å²) in [6.45, 7) is 1.75. The van der Waals surface area contributed by atoms with E-state index < -0.39 is 4.92 Å². The van der Waals surface area contributed by atoms with E-state index in [1.54, 1.807) is 25.4 Å². The molecule has 1 amide bonds. The molecule has 0 atom stereocenters. The monoisotopic (exact) mass is 309 g/mol. The molecule has 0 fully saturated rings. The minimum atomic E-state index is -0.516. The fraction of sp³-hybridized carbons (Fsp3) is 0.0667. The molecule has 0 spiro atoms. The van der Waals surface area contributed by atoms with Gasteiger partial charge in [0.1, 0.15) is 5.52 Å². The largest absolute Gasteiger partial charge is 0.320 e. The van der Waals surface area contributed by atoms with Crippen LogP contribution < -0.4 is 5.32 Å². The molecule has 2 aromatic heterocycles. The van der Waals surface area contributed by atoms with Crippen molar-refractivity contribution >= 4 is 28.4 Å². The Morgan fingerprint density at radius 3 is 2.57 bits per heavy atom. The Morgan fingerprint density at radius 1 is 1.17 bits per heavy atom. The van der Waals surface area contributed by atoms with E-state index in [0.717, 1.165) is 0 Å². The lowest BCUT2D eigenvalue weighted by Gasteiger charge is -2.08. The summed E-state index contributed by atoms with van der Waals surface area (Å²) in [5, 5.41) is 13.4. The van der Waals surface area contributed by atoms with Crippen LogP contribution in [0.3, 0.4) is 0 Å². The fourth-order valence-corrected chi connectivity index (χ4v) is 2.05. The standard InChI is InChI=1S/C15H11N5O3/c1-9-12(8-13-14(18-9)17-7-6-16-13)19-15(21)10-2-4-11(5-3-10)20(22)23/h2-8H,1H3,(H,19,21). The van der Waals surface area contributed by atoms with Crippen molar-refractivity contribution in [3.8, 4) is 0 Å². The zero-order chi connectivity index (χ0) is 16.4. The number of nitro groups is 1. The number of nitrogens with one attached hydrogen (secondary N) is 1. The van der Waals surface area contributed by atoms with E-state index in [0.29, 0.717) is 28.1 Å². The second-order valence-electron chi connectivity index (χ2n) is 4.78. The molecule has 8 nitrogen and oxygen atoms in total. The van der Waals surface area contributed by atoms with Gasteiger partial charge in [-0.3, -0.25) is 19.9 Å². The zero-order valence-electron chi connectivity index (χ0n) is 12.1. The molecule has 1 N–H and O–H groups in total. The molecule has 2 heterocycles. The lowest BCUT2D eigenvalue weighted by Crippen LogP contribution is -2.13. The van der Waals surface area contributed by atoms with Crippen molar-refractivity contribution in [3.05, 3.63) is 64.1 Å². The minimum absolute atomic E-state index is 0.0691. The number of hydrogen-bond acceptors (Lipinski definition) is 6. The topological polar surface area (TPSA) is 111 Å². The van der Waals surface area contributed by atoms with Crippen molar-refractivity contribution in [2.75, 3.05) is 5.32 Å². The Balaban J connectivity index is 1.87. The van der Waals surface area contributed by atoms with E-state index in [-0.39, 0.29) is 11.6 Å². The maximum Gasteiger partial charge on any atom is 0.269 e. The van der Waals surface area contributed by atoms with Gasteiger partial charge in [0.15, 0.2) is 5.65 Å². The third-order valence-corrected chi connectivity index (χ3v) is 3.24. The average molecular weight is 309 g/mol. The van der Waals surface area contributed by atoms with Gasteiger partial charge in [0.2, 0.25) is 0 Å². The van der Waals surface area contributed by atoms with Gasteiger partial charge in [-0.25, -0.2) is 9.97 Å². The highest BCUT2D eigenvalue weighted by atomic mass is 16.6. The lowest BCUT2D eigenvalue weighted by atomic mass is 10.2. The molecule has 0 saturated carbocycles. The average Bonchev–Trinajstić information content (AvgIpc) is 2.55. The van der Waals surface area contributed by atoms with E-state index in [1.807, 2.05) is 0 Å². The molecular formula is C15H11N5O3. The number of nitro benzene ring substituents is 1. The summed E-state index contributed by atoms with van der Waals surface area (Å²) >= 11 is 0. The molecule has 23 heavy (non-hydrogen) atoms. The van der Waals surface area contributed by atoms with Crippen molar-refractivity contribution < 1.29 is 9.72 Å². The second kappa shape index (κ2) is 5.76. The van der Waals surface area contributed by atoms with Crippen LogP contribution in [-0.2, 0) is 0 Å². The van der Waals surface area contributed by atoms with Crippen LogP contribution in [0.5, 0.6) is 0 Å². The summed E-state index contributed by atoms with van der Waals surface area (Å²) in [4.78, 5) is 34.9. The van der Waals surface area contributed by atoms with Gasteiger partial charge in [0, 0.05) is 30.1 Å². The number of non-ortho nitro benzene ring substituents is 1. The first kappa shape index (κ1) is 14.5. The molecule has 114 valence electrons. The number of anilines is 1. The summed E-state index contributed by atoms with van der Waals surface area (Å²) < 4.78 is 0. The van der Waals surface area contributed by atoms with Crippen LogP contribution in [0.25, 0.3) is 11.2 Å². The highest BCUT2D eigenvalue weighted by molar-refractivity contribution is 6.05. The highest BCUT2D eigenvalue weighted by Gasteiger charge is 2.12. The smallest absolute Gasteiger partial charge is 0.269 e. The van der Waals surface area contributed by atoms with Crippen molar-refractivity contribution in [3.63, 3.8) is 0 Å². The van der Waals surface area contributed by atoms with Gasteiger partial charge in [-0.2, -0.15) is 0 Å². The van der Waals surface area contributed by atoms with E-state index >= 15 is 0 Å². The van der Waals surface area contributed by atoms with E-state index in [1.165, 1.54) is 24.3 Å². The number of carbonyl (C=O) groups excluding carboxylic acids is 1. The Kier molecular flexibility index (Phi) is 3.63. The molecule has 0 saturated heterocycles. The van der Waals surface area contributed by atoms with Crippen LogP contribution in [0, 0.1) is 17.0 Å². The van der Waals surface area contributed by atoms with Crippen LogP contribution >= 0.6 is 0 Å². The Labute approximate surface area is 130 Å². The number of carbonyl (C=O) groups is 1. The summed E-state index contributed by atoms with van der Waals surface area (Å²) in [5.41, 5.74) is 2.43. The van der Waals surface area contributed by atoms with Crippen LogP contribution in [0.15, 0.2) is 42.7 Å². The predicted octanol–water partition coefficient (Wildman–Crippen LogP) is 2.49. The summed E-state index contributed by atoms with van der Waals surface area (Å²) in [7, 11) is 0. The van der Waals surface area contributed by atoms with Crippen LogP contribution in [-0.4, -0.2) is 25.8 Å². The van der Waals surface area contributed by atoms with Crippen molar-refractivity contribution in [1.82, 2.24) is 15.0 Å². The number of aromatic nitrogens is 3. The number of hydrogen-bond donors (Lipinski definition) is 1. The molecule has 8 heteroatoms. The molecule has 0 bridgehead atoms. The number of nitrogens with zero attached hydrogens (tertiary/aromatic N) is 4. The Bertz CT molecular complexity index is 909. The van der Waals surface area contributed by atoms with Gasteiger partial charge in [-0.05, 0) is 25.1 Å². The van der Waals surface area contributed by atoms with E-state index in [2.05, 4.69) is 20.3 Å². The van der Waals surface area contributed by atoms with Gasteiger partial charge in [-0.1, -0.05) is 0 Å². The number of benzene rings is 1. The zero-order valence-corrected chi connectivity index (χ0v) is 12.1. The van der Waals surface area contributed by atoms with Gasteiger partial charge >= 0.3 is 0 Å². The molecule has 0 unspecified atom stereocenters. The lowest BCUT2D eigenvalue weighted by molar-refractivity contribution is -0.384. The van der Waals surface area contributed by atoms with E-state index in [9.17, 15) is 14.9 Å². The first-order valence-electron chi connectivity index (χ1n) is 6.69. The SMILES string of the molecule is Cc1nc2nccnc2cc1NC(=O)c1ccc([N+](=O)[O-])cc1. The number of aryl methyl sites for hydroxylation is 1. The number of rotatable bonds is 3. The van der Waals surface area contributed by atoms with Crippen molar-refractivity contribution in [1.29, 1.82) is 0 Å². The van der Waals surface area contributed by atoms with Crippen molar-refractivity contribution in [2.45, 2.75) is 6.92 Å². The number of fused-ring (bicyclic) bond motifs is 1. The van der Waals surface area contributed by atoms with Gasteiger partial charge < -0.3 is 5.32 Å². The summed E-state index contributed by atoms with van der Waals surface area (Å²) in [6.07, 6.45) is 3.09. The first-order chi connectivity index (χ1) is 11.0. The van der Waals surface area contributed by atoms with Crippen LogP contribution in [0.4, 0.5) is 11.4 Å². The first-order valence-corrected chi connectivity index (χ1v) is 6.69. The highest BCUT2D eigenvalue weighted by Crippen LogP contribution is 2.19. The molecule has 1 aromatic carbocycles. The minimum Gasteiger partial charge on any atom is -0.320 e. The molecule has 0 aliphatic carbocycles. The predicted molar refractivity (Wildman–Crippen MR) is 83.1 cm³/mol. The van der Waals surface area contributed by atoms with Gasteiger partial charge in [-0.15, -0.1) is 0 Å². The third kappa shape index (κ3) is 2.95. The molecule has 3 rings (SSSR count). The van der Waals surface area contributed by atoms with E-state index in [4.69, 9.17) is 0 Å². The molecule has 0 aliphatic rings. The van der Waals surface area contributed by atoms with Gasteiger partial charge in [0.05, 0.1) is 16.3 Å². The summed E-state index contributed by atoms with van der Waals surface area (Å²) in [6, 6.07) is 7.06. The summed E-state index contributed by atoms with van der Waals surface area (Å²) in [5.74, 6) is -0.381. The quantitative estimate of drug-likeness (QED) is 0.587. The molecule has 0 aliphatic heterocycles.